The minimum Gasteiger partial charge on any atom is -0.378 e. The van der Waals surface area contributed by atoms with Gasteiger partial charge < -0.3 is 14.8 Å². The van der Waals surface area contributed by atoms with Gasteiger partial charge in [0.1, 0.15) is 6.04 Å². The zero-order chi connectivity index (χ0) is 8.32. The van der Waals surface area contributed by atoms with E-state index in [4.69, 9.17) is 4.74 Å². The lowest BCUT2D eigenvalue weighted by atomic mass is 10.2. The molecule has 0 spiro atoms. The molecule has 1 heterocycles. The monoisotopic (exact) mass is 167 g/mol. The third-order valence-electron chi connectivity index (χ3n) is 1.60. The first kappa shape index (κ1) is 8.83. The normalized spacial score (nSPS) is 27.0. The van der Waals surface area contributed by atoms with Crippen LogP contribution in [0.1, 0.15) is 0 Å². The molecule has 1 atom stereocenters. The van der Waals surface area contributed by atoms with E-state index in [0.717, 1.165) is 7.11 Å². The van der Waals surface area contributed by atoms with E-state index in [1.807, 2.05) is 0 Å². The largest absolute Gasteiger partial charge is 0.378 e. The summed E-state index contributed by atoms with van der Waals surface area (Å²) >= 11 is 0. The zero-order valence-corrected chi connectivity index (χ0v) is 6.27. The first-order valence-electron chi connectivity index (χ1n) is 3.41. The van der Waals surface area contributed by atoms with Crippen molar-refractivity contribution in [3.63, 3.8) is 0 Å². The molecule has 1 aliphatic heterocycles. The molecule has 1 N–H and O–H groups in total. The SMILES string of the molecule is COC(F)(F)C1COCCN1. The summed E-state index contributed by atoms with van der Waals surface area (Å²) in [7, 11) is 0.982. The Morgan fingerprint density at radius 3 is 2.82 bits per heavy atom. The number of methoxy groups -OCH3 is 1. The molecule has 0 bridgehead atoms. The highest BCUT2D eigenvalue weighted by Crippen LogP contribution is 2.20. The third kappa shape index (κ3) is 2.08. The van der Waals surface area contributed by atoms with E-state index in [0.29, 0.717) is 13.2 Å². The Morgan fingerprint density at radius 2 is 2.36 bits per heavy atom. The van der Waals surface area contributed by atoms with Crippen LogP contribution in [-0.4, -0.2) is 39.0 Å². The smallest absolute Gasteiger partial charge is 0.373 e. The molecule has 0 radical (unpaired) electrons. The summed E-state index contributed by atoms with van der Waals surface area (Å²) in [4.78, 5) is 0. The predicted octanol–water partition coefficient (Wildman–Crippen LogP) is 0.214. The number of hydrogen-bond acceptors (Lipinski definition) is 3. The molecule has 0 aliphatic carbocycles. The molecule has 0 amide bonds. The Labute approximate surface area is 63.7 Å². The van der Waals surface area contributed by atoms with E-state index in [1.165, 1.54) is 0 Å². The van der Waals surface area contributed by atoms with E-state index in [1.54, 1.807) is 0 Å². The van der Waals surface area contributed by atoms with Crippen LogP contribution in [0, 0.1) is 0 Å². The second kappa shape index (κ2) is 3.42. The second-order valence-electron chi connectivity index (χ2n) is 2.35. The van der Waals surface area contributed by atoms with Gasteiger partial charge >= 0.3 is 6.11 Å². The summed E-state index contributed by atoms with van der Waals surface area (Å²) in [6.07, 6.45) is -3.12. The van der Waals surface area contributed by atoms with Crippen LogP contribution in [-0.2, 0) is 9.47 Å². The quantitative estimate of drug-likeness (QED) is 0.638. The number of alkyl halides is 2. The molecule has 11 heavy (non-hydrogen) atoms. The Kier molecular flexibility index (Phi) is 2.75. The van der Waals surface area contributed by atoms with E-state index in [-0.39, 0.29) is 6.61 Å². The number of ether oxygens (including phenoxy) is 2. The van der Waals surface area contributed by atoms with Gasteiger partial charge in [-0.15, -0.1) is 0 Å². The van der Waals surface area contributed by atoms with Crippen LogP contribution in [0.4, 0.5) is 8.78 Å². The fourth-order valence-corrected chi connectivity index (χ4v) is 0.924. The standard InChI is InChI=1S/C6H11F2NO2/c1-10-6(7,8)5-4-11-3-2-9-5/h5,9H,2-4H2,1H3. The molecule has 0 saturated carbocycles. The van der Waals surface area contributed by atoms with Gasteiger partial charge in [0.15, 0.2) is 0 Å². The summed E-state index contributed by atoms with van der Waals surface area (Å²) in [5, 5.41) is 2.61. The van der Waals surface area contributed by atoms with Gasteiger partial charge in [0, 0.05) is 13.7 Å². The van der Waals surface area contributed by atoms with Crippen LogP contribution in [0.25, 0.3) is 0 Å². The minimum atomic E-state index is -3.12. The molecule has 0 aromatic rings. The maximum Gasteiger partial charge on any atom is 0.373 e. The van der Waals surface area contributed by atoms with Crippen molar-refractivity contribution in [3.8, 4) is 0 Å². The van der Waals surface area contributed by atoms with Crippen LogP contribution in [0.2, 0.25) is 0 Å². The van der Waals surface area contributed by atoms with Crippen LogP contribution in [0.5, 0.6) is 0 Å². The molecule has 66 valence electrons. The number of hydrogen-bond donors (Lipinski definition) is 1. The predicted molar refractivity (Wildman–Crippen MR) is 34.6 cm³/mol. The van der Waals surface area contributed by atoms with Crippen molar-refractivity contribution >= 4 is 0 Å². The molecule has 3 nitrogen and oxygen atoms in total. The van der Waals surface area contributed by atoms with Gasteiger partial charge in [-0.2, -0.15) is 8.78 Å². The fraction of sp³-hybridized carbons (Fsp3) is 1.00. The van der Waals surface area contributed by atoms with Crippen molar-refractivity contribution in [2.24, 2.45) is 0 Å². The molecule has 1 saturated heterocycles. The third-order valence-corrected chi connectivity index (χ3v) is 1.60. The zero-order valence-electron chi connectivity index (χ0n) is 6.27. The summed E-state index contributed by atoms with van der Waals surface area (Å²) in [6, 6.07) is -1.01. The Morgan fingerprint density at radius 1 is 1.64 bits per heavy atom. The fourth-order valence-electron chi connectivity index (χ4n) is 0.924. The van der Waals surface area contributed by atoms with E-state index < -0.39 is 12.2 Å². The van der Waals surface area contributed by atoms with Crippen LogP contribution in [0.3, 0.4) is 0 Å². The van der Waals surface area contributed by atoms with E-state index in [2.05, 4.69) is 10.1 Å². The molecule has 1 aliphatic rings. The molecular weight excluding hydrogens is 156 g/mol. The molecule has 0 aromatic heterocycles. The Balaban J connectivity index is 2.43. The number of rotatable bonds is 2. The first-order valence-corrected chi connectivity index (χ1v) is 3.41. The first-order chi connectivity index (χ1) is 5.17. The molecule has 5 heteroatoms. The number of halogens is 2. The summed E-state index contributed by atoms with van der Waals surface area (Å²) in [5.74, 6) is 0. The van der Waals surface area contributed by atoms with Gasteiger partial charge in [0.2, 0.25) is 0 Å². The summed E-state index contributed by atoms with van der Waals surface area (Å²) < 4.78 is 34.2. The van der Waals surface area contributed by atoms with Crippen LogP contribution in [0.15, 0.2) is 0 Å². The highest BCUT2D eigenvalue weighted by Gasteiger charge is 2.40. The molecule has 1 rings (SSSR count). The van der Waals surface area contributed by atoms with Crippen molar-refractivity contribution < 1.29 is 18.3 Å². The topological polar surface area (TPSA) is 30.5 Å². The molecule has 0 aromatic carbocycles. The van der Waals surface area contributed by atoms with Gasteiger partial charge in [-0.05, 0) is 0 Å². The highest BCUT2D eigenvalue weighted by atomic mass is 19.3. The lowest BCUT2D eigenvalue weighted by molar-refractivity contribution is -0.252. The van der Waals surface area contributed by atoms with Crippen molar-refractivity contribution in [3.05, 3.63) is 0 Å². The van der Waals surface area contributed by atoms with Crippen molar-refractivity contribution in [2.75, 3.05) is 26.9 Å². The second-order valence-corrected chi connectivity index (χ2v) is 2.35. The highest BCUT2D eigenvalue weighted by molar-refractivity contribution is 4.77. The molecule has 1 unspecified atom stereocenters. The number of nitrogens with one attached hydrogen (secondary N) is 1. The van der Waals surface area contributed by atoms with Gasteiger partial charge in [0.05, 0.1) is 13.2 Å². The average Bonchev–Trinajstić information content (AvgIpc) is 2.06. The lowest BCUT2D eigenvalue weighted by Gasteiger charge is -2.29. The maximum atomic E-state index is 12.7. The van der Waals surface area contributed by atoms with Crippen molar-refractivity contribution in [1.29, 1.82) is 0 Å². The number of morpholine rings is 1. The van der Waals surface area contributed by atoms with Crippen molar-refractivity contribution in [1.82, 2.24) is 5.32 Å². The Bertz CT molecular complexity index is 126. The Hall–Kier alpha value is -0.260. The van der Waals surface area contributed by atoms with E-state index >= 15 is 0 Å². The summed E-state index contributed by atoms with van der Waals surface area (Å²) in [5.41, 5.74) is 0. The van der Waals surface area contributed by atoms with Gasteiger partial charge in [-0.25, -0.2) is 0 Å². The minimum absolute atomic E-state index is 0.000833. The van der Waals surface area contributed by atoms with Crippen LogP contribution >= 0.6 is 0 Å². The maximum absolute atomic E-state index is 12.7. The van der Waals surface area contributed by atoms with Gasteiger partial charge in [0.25, 0.3) is 0 Å². The van der Waals surface area contributed by atoms with Gasteiger partial charge in [-0.1, -0.05) is 0 Å². The van der Waals surface area contributed by atoms with E-state index in [9.17, 15) is 8.78 Å². The lowest BCUT2D eigenvalue weighted by Crippen LogP contribution is -2.53. The summed E-state index contributed by atoms with van der Waals surface area (Å²) in [6.45, 7) is 0.931. The van der Waals surface area contributed by atoms with Gasteiger partial charge in [-0.3, -0.25) is 0 Å². The van der Waals surface area contributed by atoms with Crippen LogP contribution < -0.4 is 5.32 Å². The molecule has 1 fully saturated rings. The van der Waals surface area contributed by atoms with Crippen molar-refractivity contribution in [2.45, 2.75) is 12.2 Å². The molecular formula is C6H11F2NO2. The average molecular weight is 167 g/mol.